The fourth-order valence-electron chi connectivity index (χ4n) is 3.76. The number of anilines is 1. The minimum Gasteiger partial charge on any atom is -0.480 e. The van der Waals surface area contributed by atoms with Gasteiger partial charge in [0.05, 0.1) is 24.2 Å². The number of benzene rings is 1. The van der Waals surface area contributed by atoms with Crippen LogP contribution in [0.25, 0.3) is 11.0 Å². The number of hydrogen-bond acceptors (Lipinski definition) is 5. The third-order valence-electron chi connectivity index (χ3n) is 5.05. The van der Waals surface area contributed by atoms with Crippen LogP contribution in [0.4, 0.5) is 19.4 Å². The van der Waals surface area contributed by atoms with Gasteiger partial charge in [0, 0.05) is 30.9 Å². The summed E-state index contributed by atoms with van der Waals surface area (Å²) in [5, 5.41) is 2.74. The van der Waals surface area contributed by atoms with Crippen molar-refractivity contribution in [2.24, 2.45) is 5.73 Å². The van der Waals surface area contributed by atoms with Gasteiger partial charge in [-0.05, 0) is 25.0 Å². The van der Waals surface area contributed by atoms with Crippen LogP contribution in [0.3, 0.4) is 0 Å². The van der Waals surface area contributed by atoms with Gasteiger partial charge in [0.25, 0.3) is 0 Å². The first kappa shape index (κ1) is 18.9. The number of hydrogen-bond donors (Lipinski definition) is 3. The lowest BCUT2D eigenvalue weighted by Gasteiger charge is -2.40. The van der Waals surface area contributed by atoms with E-state index in [1.807, 2.05) is 18.3 Å². The highest BCUT2D eigenvalue weighted by molar-refractivity contribution is 5.75. The minimum absolute atomic E-state index is 0.170. The van der Waals surface area contributed by atoms with Crippen molar-refractivity contribution in [2.75, 3.05) is 18.6 Å². The van der Waals surface area contributed by atoms with E-state index in [1.54, 1.807) is 0 Å². The van der Waals surface area contributed by atoms with Gasteiger partial charge in [-0.2, -0.15) is 0 Å². The molecule has 4 N–H and O–H groups in total. The highest BCUT2D eigenvalue weighted by atomic mass is 19.2. The van der Waals surface area contributed by atoms with Crippen LogP contribution < -0.4 is 20.7 Å². The summed E-state index contributed by atoms with van der Waals surface area (Å²) < 4.78 is 32.8. The molecule has 3 aromatic rings. The van der Waals surface area contributed by atoms with Crippen LogP contribution in [0, 0.1) is 11.6 Å². The third-order valence-corrected chi connectivity index (χ3v) is 5.05. The maximum atomic E-state index is 13.8. The Morgan fingerprint density at radius 3 is 2.66 bits per heavy atom. The van der Waals surface area contributed by atoms with Crippen molar-refractivity contribution in [1.82, 2.24) is 20.3 Å². The van der Waals surface area contributed by atoms with Gasteiger partial charge in [-0.25, -0.2) is 23.5 Å². The largest absolute Gasteiger partial charge is 0.480 e. The number of piperidine rings is 1. The van der Waals surface area contributed by atoms with E-state index in [9.17, 15) is 13.6 Å². The molecule has 4 rings (SSSR count). The van der Waals surface area contributed by atoms with Gasteiger partial charge in [0.1, 0.15) is 11.5 Å². The van der Waals surface area contributed by atoms with Gasteiger partial charge in [-0.3, -0.25) is 0 Å². The number of nitrogens with one attached hydrogen (secondary N) is 2. The van der Waals surface area contributed by atoms with Gasteiger partial charge in [0.15, 0.2) is 11.6 Å². The SMILES string of the molecule is COc1nc2cc(F)c(F)cc2nc1C1CC(NC(N)=O)CCN1c1ccc[nH]1. The summed E-state index contributed by atoms with van der Waals surface area (Å²) in [6, 6.07) is 4.70. The molecular weight excluding hydrogens is 382 g/mol. The van der Waals surface area contributed by atoms with Crippen molar-refractivity contribution < 1.29 is 18.3 Å². The number of nitrogens with zero attached hydrogens (tertiary/aromatic N) is 3. The first-order valence-corrected chi connectivity index (χ1v) is 9.13. The molecule has 152 valence electrons. The number of methoxy groups -OCH3 is 1. The van der Waals surface area contributed by atoms with E-state index >= 15 is 0 Å². The summed E-state index contributed by atoms with van der Waals surface area (Å²) in [7, 11) is 1.44. The molecular formula is C19H20F2N6O2. The Balaban J connectivity index is 1.81. The lowest BCUT2D eigenvalue weighted by atomic mass is 9.94. The number of ether oxygens (including phenoxy) is 1. The molecule has 8 nitrogen and oxygen atoms in total. The third kappa shape index (κ3) is 3.65. The molecule has 0 aliphatic carbocycles. The molecule has 0 radical (unpaired) electrons. The van der Waals surface area contributed by atoms with Crippen LogP contribution in [0.1, 0.15) is 24.6 Å². The quantitative estimate of drug-likeness (QED) is 0.622. The summed E-state index contributed by atoms with van der Waals surface area (Å²) in [4.78, 5) is 25.5. The van der Waals surface area contributed by atoms with E-state index in [1.165, 1.54) is 7.11 Å². The molecule has 1 aliphatic rings. The van der Waals surface area contributed by atoms with Crippen LogP contribution in [-0.2, 0) is 0 Å². The molecule has 10 heteroatoms. The second kappa shape index (κ2) is 7.53. The van der Waals surface area contributed by atoms with Crippen molar-refractivity contribution in [2.45, 2.75) is 24.9 Å². The first-order valence-electron chi connectivity index (χ1n) is 9.13. The zero-order chi connectivity index (χ0) is 20.5. The van der Waals surface area contributed by atoms with E-state index in [-0.39, 0.29) is 29.0 Å². The minimum atomic E-state index is -1.00. The predicted molar refractivity (Wildman–Crippen MR) is 103 cm³/mol. The fraction of sp³-hybridized carbons (Fsp3) is 0.316. The number of urea groups is 1. The smallest absolute Gasteiger partial charge is 0.312 e. The molecule has 3 heterocycles. The highest BCUT2D eigenvalue weighted by Crippen LogP contribution is 2.37. The van der Waals surface area contributed by atoms with Crippen LogP contribution in [-0.4, -0.2) is 40.7 Å². The normalized spacial score (nSPS) is 19.3. The van der Waals surface area contributed by atoms with Crippen molar-refractivity contribution in [1.29, 1.82) is 0 Å². The molecule has 2 atom stereocenters. The molecule has 1 aromatic carbocycles. The lowest BCUT2D eigenvalue weighted by molar-refractivity contribution is 0.240. The molecule has 1 saturated heterocycles. The molecule has 2 unspecified atom stereocenters. The number of aromatic amines is 1. The Bertz CT molecular complexity index is 1040. The Hall–Kier alpha value is -3.43. The zero-order valence-electron chi connectivity index (χ0n) is 15.7. The summed E-state index contributed by atoms with van der Waals surface area (Å²) in [6.45, 7) is 0.608. The topological polar surface area (TPSA) is 109 Å². The summed E-state index contributed by atoms with van der Waals surface area (Å²) in [5.41, 5.74) is 6.18. The van der Waals surface area contributed by atoms with Gasteiger partial charge >= 0.3 is 6.03 Å². The zero-order valence-corrected chi connectivity index (χ0v) is 15.7. The first-order chi connectivity index (χ1) is 14.0. The number of primary amides is 1. The maximum absolute atomic E-state index is 13.8. The van der Waals surface area contributed by atoms with Crippen LogP contribution in [0.5, 0.6) is 5.88 Å². The monoisotopic (exact) mass is 402 g/mol. The number of fused-ring (bicyclic) bond motifs is 1. The average molecular weight is 402 g/mol. The van der Waals surface area contributed by atoms with Gasteiger partial charge < -0.3 is 25.7 Å². The van der Waals surface area contributed by atoms with Crippen molar-refractivity contribution in [3.63, 3.8) is 0 Å². The molecule has 2 amide bonds. The van der Waals surface area contributed by atoms with E-state index in [0.717, 1.165) is 18.0 Å². The summed E-state index contributed by atoms with van der Waals surface area (Å²) >= 11 is 0. The van der Waals surface area contributed by atoms with Crippen molar-refractivity contribution in [3.05, 3.63) is 47.8 Å². The molecule has 29 heavy (non-hydrogen) atoms. The van der Waals surface area contributed by atoms with Crippen LogP contribution >= 0.6 is 0 Å². The molecule has 0 spiro atoms. The molecule has 1 aliphatic heterocycles. The Morgan fingerprint density at radius 1 is 1.31 bits per heavy atom. The van der Waals surface area contributed by atoms with E-state index in [2.05, 4.69) is 25.2 Å². The number of carbonyl (C=O) groups excluding carboxylic acids is 1. The number of halogens is 2. The van der Waals surface area contributed by atoms with Gasteiger partial charge in [0.2, 0.25) is 5.88 Å². The van der Waals surface area contributed by atoms with Crippen LogP contribution in [0.15, 0.2) is 30.5 Å². The summed E-state index contributed by atoms with van der Waals surface area (Å²) in [6.07, 6.45) is 2.98. The maximum Gasteiger partial charge on any atom is 0.312 e. The molecule has 1 fully saturated rings. The van der Waals surface area contributed by atoms with Crippen molar-refractivity contribution in [3.8, 4) is 5.88 Å². The highest BCUT2D eigenvalue weighted by Gasteiger charge is 2.34. The second-order valence-electron chi connectivity index (χ2n) is 6.87. The number of nitrogens with two attached hydrogens (primary N) is 1. The fourth-order valence-corrected chi connectivity index (χ4v) is 3.76. The molecule has 0 saturated carbocycles. The molecule has 2 aromatic heterocycles. The Labute approximate surface area is 165 Å². The van der Waals surface area contributed by atoms with Crippen LogP contribution in [0.2, 0.25) is 0 Å². The van der Waals surface area contributed by atoms with Gasteiger partial charge in [-0.1, -0.05) is 0 Å². The Kier molecular flexibility index (Phi) is 4.91. The number of H-pyrrole nitrogens is 1. The van der Waals surface area contributed by atoms with E-state index < -0.39 is 17.7 Å². The number of aromatic nitrogens is 3. The number of rotatable bonds is 4. The lowest BCUT2D eigenvalue weighted by Crippen LogP contribution is -2.48. The number of amides is 2. The van der Waals surface area contributed by atoms with E-state index in [4.69, 9.17) is 10.5 Å². The predicted octanol–water partition coefficient (Wildman–Crippen LogP) is 2.62. The summed E-state index contributed by atoms with van der Waals surface area (Å²) in [5.74, 6) is -0.925. The number of carbonyl (C=O) groups is 1. The molecule has 0 bridgehead atoms. The van der Waals surface area contributed by atoms with Crippen molar-refractivity contribution >= 4 is 22.9 Å². The Morgan fingerprint density at radius 2 is 2.03 bits per heavy atom. The van der Waals surface area contributed by atoms with E-state index in [0.29, 0.717) is 25.1 Å². The second-order valence-corrected chi connectivity index (χ2v) is 6.87. The standard InChI is InChI=1S/C19H20F2N6O2/c1-29-18-17(25-13-8-11(20)12(21)9-14(13)26-18)15-7-10(24-19(22)28)4-6-27(15)16-3-2-5-23-16/h2-3,5,8-10,15,23H,4,6-7H2,1H3,(H3,22,24,28). The van der Waals surface area contributed by atoms with Gasteiger partial charge in [-0.15, -0.1) is 0 Å². The average Bonchev–Trinajstić information content (AvgIpc) is 3.22.